The maximum Gasteiger partial charge on any atom is 0.160 e. The van der Waals surface area contributed by atoms with E-state index in [9.17, 15) is 0 Å². The summed E-state index contributed by atoms with van der Waals surface area (Å²) in [5.74, 6) is 1.37. The molecule has 6 heteroatoms. The van der Waals surface area contributed by atoms with Gasteiger partial charge in [0.05, 0.1) is 44.8 Å². The Labute approximate surface area is 427 Å². The standard InChI is InChI=1S/C68H44N6/c1-5-19-45(20-6-1)57-43-58(46-21-7-2-8-22-46)70-67(69-57)49-35-39-51(40-36-49)73-61-31-15-13-27-55(61)65-53(29-17-33-63(65)73)54-30-18-34-64-66(54)56-28-14-16-32-62(56)74(64)52-41-37-50(38-42-52)68-71-59(47-23-9-3-10-24-47)44-60(72-68)48-25-11-4-12-26-48/h1-44H. The summed E-state index contributed by atoms with van der Waals surface area (Å²) in [6.45, 7) is 0. The van der Waals surface area contributed by atoms with Crippen molar-refractivity contribution in [3.05, 3.63) is 267 Å². The third-order valence-electron chi connectivity index (χ3n) is 14.2. The maximum absolute atomic E-state index is 5.12. The van der Waals surface area contributed by atoms with E-state index in [0.29, 0.717) is 11.6 Å². The van der Waals surface area contributed by atoms with Crippen LogP contribution in [0.4, 0.5) is 0 Å². The van der Waals surface area contributed by atoms with Crippen LogP contribution in [0, 0.1) is 0 Å². The highest BCUT2D eigenvalue weighted by Gasteiger charge is 2.22. The molecule has 6 nitrogen and oxygen atoms in total. The lowest BCUT2D eigenvalue weighted by atomic mass is 9.95. The fourth-order valence-electron chi connectivity index (χ4n) is 10.7. The molecule has 0 amide bonds. The third kappa shape index (κ3) is 7.44. The number of para-hydroxylation sites is 2. The number of hydrogen-bond donors (Lipinski definition) is 0. The van der Waals surface area contributed by atoms with Crippen LogP contribution in [0.2, 0.25) is 0 Å². The fourth-order valence-corrected chi connectivity index (χ4v) is 10.7. The van der Waals surface area contributed by atoms with Crippen LogP contribution < -0.4 is 0 Å². The molecular weight excluding hydrogens is 901 g/mol. The molecule has 0 aliphatic rings. The van der Waals surface area contributed by atoms with E-state index in [0.717, 1.165) is 89.6 Å². The predicted octanol–water partition coefficient (Wildman–Crippen LogP) is 17.1. The van der Waals surface area contributed by atoms with E-state index in [1.807, 2.05) is 24.3 Å². The second kappa shape index (κ2) is 18.0. The van der Waals surface area contributed by atoms with Gasteiger partial charge in [0, 0.05) is 66.3 Å². The lowest BCUT2D eigenvalue weighted by Gasteiger charge is -2.12. The Bertz CT molecular complexity index is 3970. The number of fused-ring (bicyclic) bond motifs is 6. The monoisotopic (exact) mass is 944 g/mol. The molecule has 0 aliphatic heterocycles. The van der Waals surface area contributed by atoms with E-state index in [-0.39, 0.29) is 0 Å². The zero-order valence-electron chi connectivity index (χ0n) is 40.1. The van der Waals surface area contributed by atoms with Crippen LogP contribution in [0.15, 0.2) is 267 Å². The molecule has 0 atom stereocenters. The molecule has 0 fully saturated rings. The van der Waals surface area contributed by atoms with Gasteiger partial charge in [0.2, 0.25) is 0 Å². The molecule has 346 valence electrons. The largest absolute Gasteiger partial charge is 0.309 e. The number of nitrogens with zero attached hydrogens (tertiary/aromatic N) is 6. The summed E-state index contributed by atoms with van der Waals surface area (Å²) in [7, 11) is 0. The Morgan fingerprint density at radius 1 is 0.230 bits per heavy atom. The second-order valence-electron chi connectivity index (χ2n) is 18.6. The Kier molecular flexibility index (Phi) is 10.4. The van der Waals surface area contributed by atoms with Crippen molar-refractivity contribution >= 4 is 43.6 Å². The van der Waals surface area contributed by atoms with Gasteiger partial charge in [0.1, 0.15) is 0 Å². The van der Waals surface area contributed by atoms with Gasteiger partial charge in [0.15, 0.2) is 11.6 Å². The predicted molar refractivity (Wildman–Crippen MR) is 304 cm³/mol. The summed E-state index contributed by atoms with van der Waals surface area (Å²) in [5.41, 5.74) is 18.7. The molecule has 0 spiro atoms. The summed E-state index contributed by atoms with van der Waals surface area (Å²) in [5, 5.41) is 4.80. The minimum absolute atomic E-state index is 0.685. The smallest absolute Gasteiger partial charge is 0.160 e. The van der Waals surface area contributed by atoms with Crippen molar-refractivity contribution in [3.8, 4) is 90.3 Å². The van der Waals surface area contributed by atoms with Gasteiger partial charge in [-0.2, -0.15) is 0 Å². The Morgan fingerprint density at radius 3 is 0.865 bits per heavy atom. The van der Waals surface area contributed by atoms with Crippen LogP contribution in [0.25, 0.3) is 134 Å². The normalized spacial score (nSPS) is 11.5. The molecule has 4 aromatic heterocycles. The first-order valence-corrected chi connectivity index (χ1v) is 25.0. The van der Waals surface area contributed by atoms with E-state index < -0.39 is 0 Å². The van der Waals surface area contributed by atoms with Crippen molar-refractivity contribution in [2.75, 3.05) is 0 Å². The molecule has 0 radical (unpaired) electrons. The van der Waals surface area contributed by atoms with Gasteiger partial charge in [-0.1, -0.05) is 182 Å². The highest BCUT2D eigenvalue weighted by Crippen LogP contribution is 2.44. The first-order chi connectivity index (χ1) is 36.7. The van der Waals surface area contributed by atoms with Crippen molar-refractivity contribution in [3.63, 3.8) is 0 Å². The number of benzene rings is 10. The lowest BCUT2D eigenvalue weighted by Crippen LogP contribution is -1.97. The van der Waals surface area contributed by atoms with Gasteiger partial charge in [-0.15, -0.1) is 0 Å². The van der Waals surface area contributed by atoms with Gasteiger partial charge < -0.3 is 9.13 Å². The minimum atomic E-state index is 0.685. The molecule has 0 saturated heterocycles. The summed E-state index contributed by atoms with van der Waals surface area (Å²) >= 11 is 0. The van der Waals surface area contributed by atoms with Crippen molar-refractivity contribution in [2.24, 2.45) is 0 Å². The van der Waals surface area contributed by atoms with Crippen LogP contribution in [-0.4, -0.2) is 29.1 Å². The molecule has 0 saturated carbocycles. The van der Waals surface area contributed by atoms with Gasteiger partial charge in [0.25, 0.3) is 0 Å². The molecule has 10 aromatic carbocycles. The summed E-state index contributed by atoms with van der Waals surface area (Å²) in [6, 6.07) is 93.9. The van der Waals surface area contributed by atoms with Gasteiger partial charge >= 0.3 is 0 Å². The average molecular weight is 945 g/mol. The first kappa shape index (κ1) is 42.8. The summed E-state index contributed by atoms with van der Waals surface area (Å²) in [4.78, 5) is 20.5. The van der Waals surface area contributed by atoms with E-state index in [4.69, 9.17) is 19.9 Å². The highest BCUT2D eigenvalue weighted by atomic mass is 15.0. The topological polar surface area (TPSA) is 61.4 Å². The number of rotatable bonds is 9. The van der Waals surface area contributed by atoms with Crippen LogP contribution >= 0.6 is 0 Å². The maximum atomic E-state index is 5.12. The first-order valence-electron chi connectivity index (χ1n) is 25.0. The SMILES string of the molecule is c1ccc(-c2cc(-c3ccccc3)nc(-c3ccc(-n4c5ccccc5c5c(-c6cccc7c6c6ccccc6n7-c6ccc(-c7nc(-c8ccccc8)cc(-c8ccccc8)n7)cc6)cccc54)cc3)n2)cc1. The van der Waals surface area contributed by atoms with Gasteiger partial charge in [-0.05, 0) is 96.1 Å². The quantitative estimate of drug-likeness (QED) is 0.145. The molecular formula is C68H44N6. The molecule has 0 N–H and O–H groups in total. The van der Waals surface area contributed by atoms with E-state index in [1.54, 1.807) is 0 Å². The van der Waals surface area contributed by atoms with E-state index in [1.165, 1.54) is 32.7 Å². The zero-order valence-corrected chi connectivity index (χ0v) is 40.1. The van der Waals surface area contributed by atoms with Crippen LogP contribution in [0.5, 0.6) is 0 Å². The Balaban J connectivity index is 0.873. The number of hydrogen-bond acceptors (Lipinski definition) is 4. The summed E-state index contributed by atoms with van der Waals surface area (Å²) in [6.07, 6.45) is 0. The van der Waals surface area contributed by atoms with Crippen molar-refractivity contribution in [1.82, 2.24) is 29.1 Å². The van der Waals surface area contributed by atoms with Crippen molar-refractivity contribution in [2.45, 2.75) is 0 Å². The van der Waals surface area contributed by atoms with E-state index >= 15 is 0 Å². The molecule has 14 rings (SSSR count). The van der Waals surface area contributed by atoms with Crippen molar-refractivity contribution < 1.29 is 0 Å². The molecule has 0 unspecified atom stereocenters. The van der Waals surface area contributed by atoms with Crippen molar-refractivity contribution in [1.29, 1.82) is 0 Å². The Morgan fingerprint density at radius 2 is 0.527 bits per heavy atom. The Hall–Kier alpha value is -10.0. The third-order valence-corrected chi connectivity index (χ3v) is 14.2. The minimum Gasteiger partial charge on any atom is -0.309 e. The van der Waals surface area contributed by atoms with Crippen LogP contribution in [-0.2, 0) is 0 Å². The molecule has 0 aliphatic carbocycles. The molecule has 0 bridgehead atoms. The molecule has 4 heterocycles. The molecule has 74 heavy (non-hydrogen) atoms. The highest BCUT2D eigenvalue weighted by molar-refractivity contribution is 6.22. The summed E-state index contributed by atoms with van der Waals surface area (Å²) < 4.78 is 4.78. The van der Waals surface area contributed by atoms with Crippen LogP contribution in [0.3, 0.4) is 0 Å². The average Bonchev–Trinajstić information content (AvgIpc) is 4.05. The van der Waals surface area contributed by atoms with E-state index in [2.05, 4.69) is 252 Å². The van der Waals surface area contributed by atoms with Gasteiger partial charge in [-0.25, -0.2) is 19.9 Å². The second-order valence-corrected chi connectivity index (χ2v) is 18.6. The fraction of sp³-hybridized carbons (Fsp3) is 0. The van der Waals surface area contributed by atoms with Gasteiger partial charge in [-0.3, -0.25) is 0 Å². The van der Waals surface area contributed by atoms with Crippen LogP contribution in [0.1, 0.15) is 0 Å². The lowest BCUT2D eigenvalue weighted by molar-refractivity contribution is 1.16. The number of aromatic nitrogens is 6. The molecule has 14 aromatic rings. The zero-order chi connectivity index (χ0) is 49.0.